The molecule has 0 spiro atoms. The van der Waals surface area contributed by atoms with E-state index < -0.39 is 5.79 Å². The largest absolute Gasteiger partial charge is 0.491 e. The molecule has 1 aliphatic rings. The Hall–Kier alpha value is -2.78. The molecule has 8 heteroatoms. The molecule has 138 valence electrons. The number of rotatable bonds is 4. The molecule has 3 rings (SSSR count). The number of nitriles is 1. The van der Waals surface area contributed by atoms with Gasteiger partial charge in [-0.15, -0.1) is 12.6 Å². The molecule has 1 aromatic carbocycles. The molecule has 1 atom stereocenters. The minimum Gasteiger partial charge on any atom is -0.491 e. The Morgan fingerprint density at radius 3 is 2.70 bits per heavy atom. The number of nitrogens with two attached hydrogens (primary N) is 1. The quantitative estimate of drug-likeness (QED) is 0.620. The minimum absolute atomic E-state index is 0.0466. The van der Waals surface area contributed by atoms with Crippen LogP contribution in [0.3, 0.4) is 0 Å². The Labute approximate surface area is 162 Å². The molecule has 2 heterocycles. The second-order valence-electron chi connectivity index (χ2n) is 6.43. The average molecular weight is 382 g/mol. The number of nitrogens with zero attached hydrogens (tertiary/aromatic N) is 3. The summed E-state index contributed by atoms with van der Waals surface area (Å²) in [6, 6.07) is 9.11. The van der Waals surface area contributed by atoms with Crippen molar-refractivity contribution in [1.29, 1.82) is 5.26 Å². The van der Waals surface area contributed by atoms with Gasteiger partial charge in [-0.2, -0.15) is 5.26 Å². The van der Waals surface area contributed by atoms with Crippen molar-refractivity contribution in [3.05, 3.63) is 41.2 Å². The van der Waals surface area contributed by atoms with Gasteiger partial charge in [0.15, 0.2) is 5.79 Å². The van der Waals surface area contributed by atoms with Crippen LogP contribution in [0.25, 0.3) is 16.0 Å². The fourth-order valence-corrected chi connectivity index (χ4v) is 3.10. The number of aromatic nitrogens is 1. The molecule has 0 aliphatic carbocycles. The van der Waals surface area contributed by atoms with Crippen molar-refractivity contribution in [3.8, 4) is 22.9 Å². The van der Waals surface area contributed by atoms with Gasteiger partial charge in [-0.25, -0.2) is 9.83 Å². The second-order valence-corrected chi connectivity index (χ2v) is 6.85. The van der Waals surface area contributed by atoms with Crippen LogP contribution in [0.4, 0.5) is 11.5 Å². The van der Waals surface area contributed by atoms with Gasteiger partial charge in [-0.05, 0) is 31.5 Å². The summed E-state index contributed by atoms with van der Waals surface area (Å²) in [4.78, 5) is 7.40. The number of hydrogen-bond acceptors (Lipinski definition) is 7. The Balaban J connectivity index is 1.82. The molecule has 0 saturated carbocycles. The number of anilines is 1. The second kappa shape index (κ2) is 7.45. The molecule has 0 amide bonds. The molecule has 7 nitrogen and oxygen atoms in total. The summed E-state index contributed by atoms with van der Waals surface area (Å²) in [5.74, 6) is 0.0986. The summed E-state index contributed by atoms with van der Waals surface area (Å²) in [5, 5.41) is 9.63. The Kier molecular flexibility index (Phi) is 5.24. The number of hydrogen-bond donors (Lipinski definition) is 2. The normalized spacial score (nSPS) is 17.9. The van der Waals surface area contributed by atoms with Crippen LogP contribution in [0, 0.1) is 17.9 Å². The highest BCUT2D eigenvalue weighted by atomic mass is 32.1. The first-order valence-corrected chi connectivity index (χ1v) is 8.64. The lowest BCUT2D eigenvalue weighted by Crippen LogP contribution is -2.25. The van der Waals surface area contributed by atoms with Crippen molar-refractivity contribution < 1.29 is 14.2 Å². The maximum atomic E-state index is 9.44. The van der Waals surface area contributed by atoms with Crippen molar-refractivity contribution in [3.63, 3.8) is 0 Å². The number of thiol groups is 1. The third-order valence-corrected chi connectivity index (χ3v) is 4.37. The first-order valence-electron chi connectivity index (χ1n) is 8.19. The predicted octanol–water partition coefficient (Wildman–Crippen LogP) is 3.57. The molecule has 1 saturated heterocycles. The molecular formula is C19H18N4O3S. The van der Waals surface area contributed by atoms with Crippen LogP contribution in [0.2, 0.25) is 0 Å². The first-order chi connectivity index (χ1) is 12.8. The molecule has 0 bridgehead atoms. The van der Waals surface area contributed by atoms with Crippen LogP contribution in [0.15, 0.2) is 29.3 Å². The minimum atomic E-state index is -0.590. The summed E-state index contributed by atoms with van der Waals surface area (Å²) in [7, 11) is 0. The standard InChI is InChI=1S/C19H18N4O3S/c1-19(2)25-10-13(26-19)9-24-12-6-4-11(5-7-12)15-14(8-20)18(27)23-17(21)16(15)22-3/h4-7,13H,9-10H2,1-2H3,(H3,21,23,27). The third kappa shape index (κ3) is 3.99. The van der Waals surface area contributed by atoms with E-state index in [1.54, 1.807) is 24.3 Å². The van der Waals surface area contributed by atoms with E-state index in [4.69, 9.17) is 26.5 Å². The van der Waals surface area contributed by atoms with Crippen LogP contribution in [0.1, 0.15) is 19.4 Å². The van der Waals surface area contributed by atoms with E-state index >= 15 is 0 Å². The summed E-state index contributed by atoms with van der Waals surface area (Å²) < 4.78 is 17.0. The fourth-order valence-electron chi connectivity index (χ4n) is 2.83. The van der Waals surface area contributed by atoms with Gasteiger partial charge in [-0.3, -0.25) is 0 Å². The lowest BCUT2D eigenvalue weighted by Gasteiger charge is -2.17. The topological polar surface area (TPSA) is 94.8 Å². The monoisotopic (exact) mass is 382 g/mol. The van der Waals surface area contributed by atoms with E-state index in [-0.39, 0.29) is 28.2 Å². The average Bonchev–Trinajstić information content (AvgIpc) is 2.99. The number of nitrogen functional groups attached to an aromatic ring is 1. The SMILES string of the molecule is [C-]#[N+]c1c(N)nc(S)c(C#N)c1-c1ccc(OCC2COC(C)(C)O2)cc1. The van der Waals surface area contributed by atoms with E-state index in [0.717, 1.165) is 0 Å². The zero-order valence-corrected chi connectivity index (χ0v) is 15.8. The van der Waals surface area contributed by atoms with E-state index in [0.29, 0.717) is 30.1 Å². The number of ether oxygens (including phenoxy) is 3. The summed E-state index contributed by atoms with van der Waals surface area (Å²) in [5.41, 5.74) is 7.26. The Bertz CT molecular complexity index is 907. The van der Waals surface area contributed by atoms with Gasteiger partial charge >= 0.3 is 0 Å². The lowest BCUT2D eigenvalue weighted by molar-refractivity contribution is -0.141. The van der Waals surface area contributed by atoms with Crippen molar-refractivity contribution >= 4 is 24.1 Å². The van der Waals surface area contributed by atoms with Crippen molar-refractivity contribution in [2.45, 2.75) is 30.8 Å². The van der Waals surface area contributed by atoms with Crippen LogP contribution < -0.4 is 10.5 Å². The maximum Gasteiger partial charge on any atom is 0.236 e. The van der Waals surface area contributed by atoms with Crippen molar-refractivity contribution in [2.24, 2.45) is 0 Å². The van der Waals surface area contributed by atoms with Crippen LogP contribution in [0.5, 0.6) is 5.75 Å². The Morgan fingerprint density at radius 2 is 2.15 bits per heavy atom. The molecule has 1 aliphatic heterocycles. The summed E-state index contributed by atoms with van der Waals surface area (Å²) in [6.07, 6.45) is -0.134. The van der Waals surface area contributed by atoms with Crippen LogP contribution >= 0.6 is 12.6 Å². The van der Waals surface area contributed by atoms with E-state index in [2.05, 4.69) is 22.5 Å². The van der Waals surface area contributed by atoms with Gasteiger partial charge in [-0.1, -0.05) is 12.1 Å². The molecule has 0 radical (unpaired) electrons. The molecular weight excluding hydrogens is 364 g/mol. The summed E-state index contributed by atoms with van der Waals surface area (Å²) >= 11 is 4.20. The molecule has 2 aromatic rings. The molecule has 2 N–H and O–H groups in total. The fraction of sp³-hybridized carbons (Fsp3) is 0.316. The van der Waals surface area contributed by atoms with E-state index in [9.17, 15) is 5.26 Å². The number of benzene rings is 1. The third-order valence-electron chi connectivity index (χ3n) is 4.05. The van der Waals surface area contributed by atoms with Crippen molar-refractivity contribution in [1.82, 2.24) is 4.98 Å². The highest BCUT2D eigenvalue weighted by Gasteiger charge is 2.33. The van der Waals surface area contributed by atoms with Gasteiger partial charge in [0, 0.05) is 5.56 Å². The first kappa shape index (κ1) is 19.0. The highest BCUT2D eigenvalue weighted by molar-refractivity contribution is 7.80. The zero-order valence-electron chi connectivity index (χ0n) is 14.9. The van der Waals surface area contributed by atoms with E-state index in [1.807, 2.05) is 19.9 Å². The van der Waals surface area contributed by atoms with Gasteiger partial charge in [0.05, 0.1) is 18.7 Å². The maximum absolute atomic E-state index is 9.44. The predicted molar refractivity (Wildman–Crippen MR) is 103 cm³/mol. The zero-order chi connectivity index (χ0) is 19.6. The number of pyridine rings is 1. The van der Waals surface area contributed by atoms with Gasteiger partial charge in [0.1, 0.15) is 35.4 Å². The lowest BCUT2D eigenvalue weighted by atomic mass is 10.00. The Morgan fingerprint density at radius 1 is 1.44 bits per heavy atom. The van der Waals surface area contributed by atoms with Gasteiger partial charge in [0.25, 0.3) is 0 Å². The van der Waals surface area contributed by atoms with Crippen molar-refractivity contribution in [2.75, 3.05) is 18.9 Å². The molecule has 1 aromatic heterocycles. The van der Waals surface area contributed by atoms with Crippen LogP contribution in [-0.2, 0) is 9.47 Å². The summed E-state index contributed by atoms with van der Waals surface area (Å²) in [6.45, 7) is 11.9. The van der Waals surface area contributed by atoms with Gasteiger partial charge < -0.3 is 19.9 Å². The van der Waals surface area contributed by atoms with E-state index in [1.165, 1.54) is 0 Å². The highest BCUT2D eigenvalue weighted by Crippen LogP contribution is 2.39. The molecule has 1 unspecified atom stereocenters. The molecule has 1 fully saturated rings. The smallest absolute Gasteiger partial charge is 0.236 e. The van der Waals surface area contributed by atoms with Gasteiger partial charge in [0.2, 0.25) is 5.69 Å². The molecule has 27 heavy (non-hydrogen) atoms. The van der Waals surface area contributed by atoms with Crippen LogP contribution in [-0.4, -0.2) is 30.1 Å².